The van der Waals surface area contributed by atoms with Gasteiger partial charge in [-0.3, -0.25) is 4.72 Å². The fraction of sp³-hybridized carbons (Fsp3) is 0.286. The van der Waals surface area contributed by atoms with Crippen molar-refractivity contribution in [2.75, 3.05) is 4.72 Å². The van der Waals surface area contributed by atoms with Gasteiger partial charge in [0.05, 0.1) is 5.56 Å². The molecular weight excluding hydrogens is 490 g/mol. The van der Waals surface area contributed by atoms with Gasteiger partial charge < -0.3 is 14.5 Å². The Labute approximate surface area is 215 Å². The quantitative estimate of drug-likeness (QED) is 0.266. The highest BCUT2D eigenvalue weighted by molar-refractivity contribution is 7.92. The molecule has 5 rings (SSSR count). The zero-order chi connectivity index (χ0) is 26.0. The number of H-pyrrole nitrogens is 1. The Morgan fingerprint density at radius 3 is 2.51 bits per heavy atom. The van der Waals surface area contributed by atoms with Crippen LogP contribution in [0.2, 0.25) is 0 Å². The molecule has 2 heterocycles. The number of aromatic hydroxyl groups is 1. The van der Waals surface area contributed by atoms with E-state index in [9.17, 15) is 18.3 Å². The lowest BCUT2D eigenvalue weighted by molar-refractivity contribution is 0.395. The molecule has 9 heteroatoms. The molecule has 1 unspecified atom stereocenters. The average molecular weight is 520 g/mol. The molecule has 2 aromatic heterocycles. The van der Waals surface area contributed by atoms with Gasteiger partial charge in [-0.15, -0.1) is 0 Å². The van der Waals surface area contributed by atoms with Crippen molar-refractivity contribution in [1.29, 1.82) is 0 Å². The van der Waals surface area contributed by atoms with Gasteiger partial charge in [0.15, 0.2) is 0 Å². The summed E-state index contributed by atoms with van der Waals surface area (Å²) >= 11 is 0. The second-order valence-corrected chi connectivity index (χ2v) is 11.1. The van der Waals surface area contributed by atoms with E-state index in [0.29, 0.717) is 17.9 Å². The van der Waals surface area contributed by atoms with Crippen molar-refractivity contribution in [2.45, 2.75) is 49.6 Å². The number of hydrogen-bond donors (Lipinski definition) is 3. The van der Waals surface area contributed by atoms with Gasteiger partial charge in [-0.1, -0.05) is 49.4 Å². The second kappa shape index (κ2) is 10.3. The van der Waals surface area contributed by atoms with Crippen LogP contribution in [0.3, 0.4) is 0 Å². The van der Waals surface area contributed by atoms with E-state index >= 15 is 0 Å². The molecular formula is C28H29N3O5S. The number of nitrogens with zero attached hydrogens (tertiary/aromatic N) is 1. The van der Waals surface area contributed by atoms with Crippen molar-refractivity contribution < 1.29 is 17.9 Å². The maximum absolute atomic E-state index is 13.2. The topological polar surface area (TPSA) is 125 Å². The van der Waals surface area contributed by atoms with Crippen LogP contribution >= 0.6 is 0 Å². The normalized spacial score (nSPS) is 15.3. The zero-order valence-corrected chi connectivity index (χ0v) is 21.2. The van der Waals surface area contributed by atoms with Gasteiger partial charge in [0, 0.05) is 36.5 Å². The van der Waals surface area contributed by atoms with Crippen LogP contribution in [0.15, 0.2) is 87.4 Å². The zero-order valence-electron chi connectivity index (χ0n) is 20.4. The third-order valence-corrected chi connectivity index (χ3v) is 8.10. The minimum absolute atomic E-state index is 0.0902. The van der Waals surface area contributed by atoms with Gasteiger partial charge in [-0.25, -0.2) is 9.78 Å². The van der Waals surface area contributed by atoms with E-state index < -0.39 is 21.6 Å². The first-order chi connectivity index (χ1) is 17.9. The lowest BCUT2D eigenvalue weighted by atomic mass is 9.86. The van der Waals surface area contributed by atoms with Crippen LogP contribution in [-0.4, -0.2) is 23.5 Å². The Bertz CT molecular complexity index is 1530. The molecule has 1 saturated carbocycles. The van der Waals surface area contributed by atoms with E-state index in [-0.39, 0.29) is 28.3 Å². The molecule has 4 aromatic rings. The van der Waals surface area contributed by atoms with Crippen LogP contribution in [0.25, 0.3) is 0 Å². The molecule has 8 nitrogen and oxygen atoms in total. The first kappa shape index (κ1) is 24.8. The summed E-state index contributed by atoms with van der Waals surface area (Å²) in [5, 5.41) is 10.8. The molecule has 0 bridgehead atoms. The minimum Gasteiger partial charge on any atom is -0.507 e. The summed E-state index contributed by atoms with van der Waals surface area (Å²) in [6.07, 6.45) is 5.97. The van der Waals surface area contributed by atoms with E-state index in [1.807, 2.05) is 24.3 Å². The summed E-state index contributed by atoms with van der Waals surface area (Å²) in [7, 11) is -3.89. The summed E-state index contributed by atoms with van der Waals surface area (Å²) in [5.41, 5.74) is 1.88. The lowest BCUT2D eigenvalue weighted by Gasteiger charge is -2.20. The van der Waals surface area contributed by atoms with Crippen molar-refractivity contribution in [2.24, 2.45) is 5.92 Å². The standard InChI is InChI=1S/C28H29N3O5S/c1-2-18(19-7-4-3-5-8-19)16-23-17-24(32)26(27(33)36-23)25(20-11-12-20)21-9-6-10-22(15-21)31-37(34,35)28-29-13-14-30-28/h3-10,13-15,17-18,20,25,31-32H,2,11-12,16H2,1H3,(H,29,30)/t18-,25?/m0/s1. The predicted molar refractivity (Wildman–Crippen MR) is 140 cm³/mol. The molecule has 1 aliphatic rings. The van der Waals surface area contributed by atoms with E-state index in [4.69, 9.17) is 4.42 Å². The van der Waals surface area contributed by atoms with E-state index in [2.05, 4.69) is 33.7 Å². The maximum Gasteiger partial charge on any atom is 0.343 e. The number of hydrogen-bond acceptors (Lipinski definition) is 6. The highest BCUT2D eigenvalue weighted by Crippen LogP contribution is 2.48. The number of benzene rings is 2. The van der Waals surface area contributed by atoms with Crippen molar-refractivity contribution in [3.8, 4) is 5.75 Å². The van der Waals surface area contributed by atoms with Crippen LogP contribution in [0.1, 0.15) is 60.5 Å². The van der Waals surface area contributed by atoms with Crippen LogP contribution in [-0.2, 0) is 16.4 Å². The molecule has 0 radical (unpaired) electrons. The van der Waals surface area contributed by atoms with Crippen molar-refractivity contribution in [3.63, 3.8) is 0 Å². The van der Waals surface area contributed by atoms with Crippen molar-refractivity contribution >= 4 is 15.7 Å². The van der Waals surface area contributed by atoms with Gasteiger partial charge in [-0.2, -0.15) is 8.42 Å². The second-order valence-electron chi connectivity index (χ2n) is 9.46. The first-order valence-corrected chi connectivity index (χ1v) is 13.9. The average Bonchev–Trinajstić information content (AvgIpc) is 3.55. The third kappa shape index (κ3) is 5.46. The van der Waals surface area contributed by atoms with Gasteiger partial charge in [0.25, 0.3) is 10.0 Å². The fourth-order valence-electron chi connectivity index (χ4n) is 4.89. The SMILES string of the molecule is CC[C@@H](Cc1cc(O)c(C(c2cccc(NS(=O)(=O)c3ncc[nH]3)c2)C2CC2)c(=O)o1)c1ccccc1. The summed E-state index contributed by atoms with van der Waals surface area (Å²) in [6.45, 7) is 2.08. The molecule has 0 spiro atoms. The Kier molecular flexibility index (Phi) is 6.88. The number of aromatic nitrogens is 2. The van der Waals surface area contributed by atoms with Crippen LogP contribution in [0.5, 0.6) is 5.75 Å². The molecule has 0 amide bonds. The molecule has 0 saturated heterocycles. The molecule has 2 atom stereocenters. The molecule has 0 aliphatic heterocycles. The van der Waals surface area contributed by atoms with Gasteiger partial charge in [0.1, 0.15) is 11.5 Å². The Morgan fingerprint density at radius 1 is 1.11 bits per heavy atom. The molecule has 1 aliphatic carbocycles. The van der Waals surface area contributed by atoms with Gasteiger partial charge in [-0.05, 0) is 54.4 Å². The summed E-state index contributed by atoms with van der Waals surface area (Å²) in [6, 6.07) is 18.5. The number of imidazole rings is 1. The maximum atomic E-state index is 13.2. The van der Waals surface area contributed by atoms with Crippen LogP contribution in [0.4, 0.5) is 5.69 Å². The highest BCUT2D eigenvalue weighted by Gasteiger charge is 2.37. The van der Waals surface area contributed by atoms with Crippen molar-refractivity contribution in [1.82, 2.24) is 9.97 Å². The summed E-state index contributed by atoms with van der Waals surface area (Å²) in [4.78, 5) is 19.6. The number of aromatic amines is 1. The predicted octanol–water partition coefficient (Wildman–Crippen LogP) is 5.15. The van der Waals surface area contributed by atoms with Gasteiger partial charge >= 0.3 is 5.63 Å². The smallest absolute Gasteiger partial charge is 0.343 e. The van der Waals surface area contributed by atoms with E-state index in [0.717, 1.165) is 30.4 Å². The number of rotatable bonds is 10. The minimum atomic E-state index is -3.89. The first-order valence-electron chi connectivity index (χ1n) is 12.4. The largest absolute Gasteiger partial charge is 0.507 e. The molecule has 2 aromatic carbocycles. The Hall–Kier alpha value is -3.85. The highest BCUT2D eigenvalue weighted by atomic mass is 32.2. The number of nitrogens with one attached hydrogen (secondary N) is 2. The molecule has 3 N–H and O–H groups in total. The Balaban J connectivity index is 1.44. The summed E-state index contributed by atoms with van der Waals surface area (Å²) in [5.74, 6) is 0.260. The molecule has 192 valence electrons. The third-order valence-electron chi connectivity index (χ3n) is 6.86. The van der Waals surface area contributed by atoms with E-state index in [1.165, 1.54) is 12.4 Å². The van der Waals surface area contributed by atoms with Crippen molar-refractivity contribution in [3.05, 3.63) is 106 Å². The number of anilines is 1. The molecule has 1 fully saturated rings. The molecule has 37 heavy (non-hydrogen) atoms. The van der Waals surface area contributed by atoms with Crippen LogP contribution < -0.4 is 10.3 Å². The lowest BCUT2D eigenvalue weighted by Crippen LogP contribution is -2.18. The fourth-order valence-corrected chi connectivity index (χ4v) is 5.85. The van der Waals surface area contributed by atoms with E-state index in [1.54, 1.807) is 24.3 Å². The van der Waals surface area contributed by atoms with Crippen LogP contribution in [0, 0.1) is 5.92 Å². The Morgan fingerprint density at radius 2 is 1.86 bits per heavy atom. The number of sulfonamides is 1. The summed E-state index contributed by atoms with van der Waals surface area (Å²) < 4.78 is 33.5. The monoisotopic (exact) mass is 519 g/mol. The van der Waals surface area contributed by atoms with Gasteiger partial charge in [0.2, 0.25) is 5.16 Å².